The number of aliphatic hydroxyl groups excluding tert-OH is 1. The summed E-state index contributed by atoms with van der Waals surface area (Å²) < 4.78 is 0. The fourth-order valence-electron chi connectivity index (χ4n) is 3.48. The van der Waals surface area contributed by atoms with Crippen LogP contribution >= 0.6 is 0 Å². The van der Waals surface area contributed by atoms with Gasteiger partial charge in [0.15, 0.2) is 0 Å². The van der Waals surface area contributed by atoms with Crippen LogP contribution in [0.2, 0.25) is 0 Å². The minimum absolute atomic E-state index is 0.0849. The van der Waals surface area contributed by atoms with Crippen molar-refractivity contribution in [3.05, 3.63) is 24.4 Å². The fraction of sp³-hybridized carbons (Fsp3) is 0.611. The monoisotopic (exact) mass is 346 g/mol. The van der Waals surface area contributed by atoms with E-state index in [2.05, 4.69) is 14.8 Å². The molecule has 0 saturated carbocycles. The van der Waals surface area contributed by atoms with Crippen LogP contribution in [0.25, 0.3) is 0 Å². The second-order valence-corrected chi connectivity index (χ2v) is 7.50. The van der Waals surface area contributed by atoms with Crippen molar-refractivity contribution in [3.8, 4) is 0 Å². The van der Waals surface area contributed by atoms with Crippen molar-refractivity contribution < 1.29 is 14.7 Å². The second-order valence-electron chi connectivity index (χ2n) is 7.50. The van der Waals surface area contributed by atoms with E-state index in [1.165, 1.54) is 4.90 Å². The van der Waals surface area contributed by atoms with Crippen molar-refractivity contribution in [2.75, 3.05) is 44.2 Å². The lowest BCUT2D eigenvalue weighted by atomic mass is 9.92. The Kier molecular flexibility index (Phi) is 5.06. The van der Waals surface area contributed by atoms with Gasteiger partial charge in [-0.2, -0.15) is 0 Å². The third-order valence-electron chi connectivity index (χ3n) is 4.93. The van der Waals surface area contributed by atoms with Gasteiger partial charge in [-0.3, -0.25) is 19.4 Å². The number of aliphatic hydroxyl groups is 1. The Labute approximate surface area is 148 Å². The number of aromatic nitrogens is 1. The number of carbonyl (C=O) groups is 2. The van der Waals surface area contributed by atoms with E-state index in [1.54, 1.807) is 20.0 Å². The van der Waals surface area contributed by atoms with Crippen molar-refractivity contribution >= 4 is 17.6 Å². The van der Waals surface area contributed by atoms with Gasteiger partial charge < -0.3 is 10.0 Å². The number of rotatable bonds is 5. The number of hydrogen-bond donors (Lipinski definition) is 1. The molecule has 3 rings (SSSR count). The molecule has 1 unspecified atom stereocenters. The van der Waals surface area contributed by atoms with E-state index >= 15 is 0 Å². The van der Waals surface area contributed by atoms with E-state index in [-0.39, 0.29) is 24.8 Å². The quantitative estimate of drug-likeness (QED) is 0.776. The maximum atomic E-state index is 12.2. The number of anilines is 1. The van der Waals surface area contributed by atoms with Gasteiger partial charge in [0.2, 0.25) is 11.8 Å². The summed E-state index contributed by atoms with van der Waals surface area (Å²) in [6.07, 6.45) is 1.29. The highest BCUT2D eigenvalue weighted by Crippen LogP contribution is 2.31. The molecular formula is C18H26N4O3. The molecule has 7 heteroatoms. The zero-order valence-corrected chi connectivity index (χ0v) is 14.9. The smallest absolute Gasteiger partial charge is 0.235 e. The lowest BCUT2D eigenvalue weighted by molar-refractivity contribution is -0.142. The van der Waals surface area contributed by atoms with Gasteiger partial charge in [0.05, 0.1) is 18.1 Å². The molecule has 2 amide bonds. The minimum atomic E-state index is -0.719. The maximum absolute atomic E-state index is 12.2. The Morgan fingerprint density at radius 1 is 1.16 bits per heavy atom. The Morgan fingerprint density at radius 3 is 2.44 bits per heavy atom. The zero-order chi connectivity index (χ0) is 18.0. The molecule has 0 spiro atoms. The number of nitrogens with zero attached hydrogens (tertiary/aromatic N) is 4. The van der Waals surface area contributed by atoms with Crippen LogP contribution in [0.4, 0.5) is 5.82 Å². The summed E-state index contributed by atoms with van der Waals surface area (Å²) in [5.74, 6) is 0.601. The molecular weight excluding hydrogens is 320 g/mol. The molecule has 2 aliphatic heterocycles. The predicted molar refractivity (Wildman–Crippen MR) is 94.0 cm³/mol. The first-order chi connectivity index (χ1) is 11.9. The van der Waals surface area contributed by atoms with Crippen LogP contribution in [-0.4, -0.2) is 77.1 Å². The number of imide groups is 1. The molecule has 7 nitrogen and oxygen atoms in total. The molecule has 2 fully saturated rings. The number of β-amino-alcohol motifs (C(OH)–C–C–N with tert-alkyl or cyclic N) is 1. The van der Waals surface area contributed by atoms with Crippen molar-refractivity contribution in [3.63, 3.8) is 0 Å². The number of hydrogen-bond acceptors (Lipinski definition) is 6. The Balaban J connectivity index is 1.48. The van der Waals surface area contributed by atoms with Gasteiger partial charge in [-0.05, 0) is 12.1 Å². The number of carbonyl (C=O) groups excluding carboxylic acids is 2. The highest BCUT2D eigenvalue weighted by Gasteiger charge is 2.45. The molecule has 0 aliphatic carbocycles. The molecule has 1 N–H and O–H groups in total. The first kappa shape index (κ1) is 17.8. The van der Waals surface area contributed by atoms with Gasteiger partial charge in [0, 0.05) is 45.3 Å². The highest BCUT2D eigenvalue weighted by atomic mass is 16.3. The summed E-state index contributed by atoms with van der Waals surface area (Å²) in [4.78, 5) is 34.2. The lowest BCUT2D eigenvalue weighted by Crippen LogP contribution is -2.50. The van der Waals surface area contributed by atoms with Crippen LogP contribution in [0.1, 0.15) is 20.3 Å². The molecule has 1 aromatic rings. The van der Waals surface area contributed by atoms with Gasteiger partial charge in [-0.1, -0.05) is 19.9 Å². The number of piperazine rings is 1. The number of pyridine rings is 1. The van der Waals surface area contributed by atoms with Gasteiger partial charge >= 0.3 is 0 Å². The van der Waals surface area contributed by atoms with Crippen LogP contribution in [0.15, 0.2) is 24.4 Å². The molecule has 3 heterocycles. The van der Waals surface area contributed by atoms with E-state index in [4.69, 9.17) is 0 Å². The first-order valence-electron chi connectivity index (χ1n) is 8.78. The van der Waals surface area contributed by atoms with Crippen LogP contribution in [0.3, 0.4) is 0 Å². The number of likely N-dealkylation sites (tertiary alicyclic amines) is 1. The number of amides is 2. The second kappa shape index (κ2) is 7.09. The van der Waals surface area contributed by atoms with Crippen LogP contribution in [0.5, 0.6) is 0 Å². The summed E-state index contributed by atoms with van der Waals surface area (Å²) in [5, 5.41) is 10.3. The van der Waals surface area contributed by atoms with Gasteiger partial charge in [-0.25, -0.2) is 4.98 Å². The average Bonchev–Trinajstić information content (AvgIpc) is 2.78. The SMILES string of the molecule is CC1(C)CC(=O)N(CC(O)CN2CCN(c3ccccn3)CC2)C1=O. The standard InChI is InChI=1S/C18H26N4O3/c1-18(2)11-16(24)22(17(18)25)13-14(23)12-20-7-9-21(10-8-20)15-5-3-4-6-19-15/h3-6,14,23H,7-13H2,1-2H3. The van der Waals surface area contributed by atoms with E-state index in [0.717, 1.165) is 32.0 Å². The molecule has 1 aromatic heterocycles. The van der Waals surface area contributed by atoms with Crippen molar-refractivity contribution in [1.29, 1.82) is 0 Å². The minimum Gasteiger partial charge on any atom is -0.390 e. The largest absolute Gasteiger partial charge is 0.390 e. The summed E-state index contributed by atoms with van der Waals surface area (Å²) in [6.45, 7) is 7.43. The third-order valence-corrected chi connectivity index (χ3v) is 4.93. The average molecular weight is 346 g/mol. The predicted octanol–water partition coefficient (Wildman–Crippen LogP) is 0.350. The van der Waals surface area contributed by atoms with E-state index < -0.39 is 11.5 Å². The van der Waals surface area contributed by atoms with Crippen LogP contribution in [0, 0.1) is 5.41 Å². The van der Waals surface area contributed by atoms with Crippen molar-refractivity contribution in [1.82, 2.24) is 14.8 Å². The molecule has 1 atom stereocenters. The van der Waals surface area contributed by atoms with Crippen molar-refractivity contribution in [2.45, 2.75) is 26.4 Å². The lowest BCUT2D eigenvalue weighted by Gasteiger charge is -2.36. The van der Waals surface area contributed by atoms with E-state index in [9.17, 15) is 14.7 Å². The Morgan fingerprint density at radius 2 is 1.88 bits per heavy atom. The first-order valence-corrected chi connectivity index (χ1v) is 8.78. The maximum Gasteiger partial charge on any atom is 0.235 e. The summed E-state index contributed by atoms with van der Waals surface area (Å²) in [6, 6.07) is 5.87. The van der Waals surface area contributed by atoms with Gasteiger partial charge in [0.1, 0.15) is 5.82 Å². The molecule has 0 aromatic carbocycles. The zero-order valence-electron chi connectivity index (χ0n) is 14.9. The third kappa shape index (κ3) is 3.99. The molecule has 136 valence electrons. The molecule has 25 heavy (non-hydrogen) atoms. The fourth-order valence-corrected chi connectivity index (χ4v) is 3.48. The topological polar surface area (TPSA) is 77.0 Å². The molecule has 2 aliphatic rings. The van der Waals surface area contributed by atoms with E-state index in [0.29, 0.717) is 6.54 Å². The Hall–Kier alpha value is -1.99. The van der Waals surface area contributed by atoms with E-state index in [1.807, 2.05) is 18.2 Å². The van der Waals surface area contributed by atoms with Crippen LogP contribution in [-0.2, 0) is 9.59 Å². The van der Waals surface area contributed by atoms with Gasteiger partial charge in [0.25, 0.3) is 0 Å². The summed E-state index contributed by atoms with van der Waals surface area (Å²) in [7, 11) is 0. The normalized spacial score (nSPS) is 22.5. The molecule has 0 radical (unpaired) electrons. The van der Waals surface area contributed by atoms with Crippen molar-refractivity contribution in [2.24, 2.45) is 5.41 Å². The Bertz CT molecular complexity index is 626. The highest BCUT2D eigenvalue weighted by molar-refractivity contribution is 6.05. The van der Waals surface area contributed by atoms with Gasteiger partial charge in [-0.15, -0.1) is 0 Å². The summed E-state index contributed by atoms with van der Waals surface area (Å²) >= 11 is 0. The molecule has 0 bridgehead atoms. The summed E-state index contributed by atoms with van der Waals surface area (Å²) in [5.41, 5.74) is -0.648. The van der Waals surface area contributed by atoms with Crippen LogP contribution < -0.4 is 4.90 Å². The molecule has 2 saturated heterocycles.